The van der Waals surface area contributed by atoms with Gasteiger partial charge in [0.2, 0.25) is 0 Å². The molecule has 0 saturated carbocycles. The molecule has 0 aliphatic heterocycles. The second-order valence-corrected chi connectivity index (χ2v) is 7.77. The van der Waals surface area contributed by atoms with Crippen molar-refractivity contribution in [1.29, 1.82) is 0 Å². The molecule has 0 aliphatic carbocycles. The highest BCUT2D eigenvalue weighted by molar-refractivity contribution is 6.16. The van der Waals surface area contributed by atoms with Gasteiger partial charge in [-0.05, 0) is 38.1 Å². The summed E-state index contributed by atoms with van der Waals surface area (Å²) in [6.07, 6.45) is 2.59. The third-order valence-electron chi connectivity index (χ3n) is 4.94. The number of alkyl halides is 3. The van der Waals surface area contributed by atoms with Crippen LogP contribution in [0.3, 0.4) is 0 Å². The lowest BCUT2D eigenvalue weighted by molar-refractivity contribution is -0.125. The molecule has 35 heavy (non-hydrogen) atoms. The molecule has 1 amide bonds. The quantitative estimate of drug-likeness (QED) is 0.222. The second-order valence-electron chi connectivity index (χ2n) is 7.77. The number of hydrogen-bond acceptors (Lipinski definition) is 7. The van der Waals surface area contributed by atoms with Crippen LogP contribution in [0.5, 0.6) is 0 Å². The van der Waals surface area contributed by atoms with Crippen molar-refractivity contribution in [2.45, 2.75) is 26.2 Å². The Kier molecular flexibility index (Phi) is 6.36. The first kappa shape index (κ1) is 23.7. The standard InChI is InChI=1S/C23H18F3N7O2/c1-13(2)33-11-19(18-10-28-12-29-21(18)33)20(34)15-7-17(9-27-8-15)30-22(35)14-4-3-5-16(6-14)31-32-23(24,25)26/h3-13H,1-2H3,(H,30,35). The molecular formula is C23H18F3N7O2. The van der Waals surface area contributed by atoms with Gasteiger partial charge < -0.3 is 9.88 Å². The van der Waals surface area contributed by atoms with Crippen molar-refractivity contribution in [3.8, 4) is 0 Å². The molecule has 12 heteroatoms. The summed E-state index contributed by atoms with van der Waals surface area (Å²) in [5.41, 5.74) is 1.38. The van der Waals surface area contributed by atoms with E-state index in [-0.39, 0.29) is 34.3 Å². The molecule has 178 valence electrons. The Hall–Kier alpha value is -4.48. The number of rotatable bonds is 6. The van der Waals surface area contributed by atoms with E-state index in [0.29, 0.717) is 16.6 Å². The molecule has 3 aromatic heterocycles. The van der Waals surface area contributed by atoms with Crippen LogP contribution in [0.15, 0.2) is 71.7 Å². The Labute approximate surface area is 196 Å². The minimum atomic E-state index is -4.81. The van der Waals surface area contributed by atoms with Gasteiger partial charge in [-0.2, -0.15) is 0 Å². The number of nitrogens with zero attached hydrogens (tertiary/aromatic N) is 6. The molecule has 0 fully saturated rings. The van der Waals surface area contributed by atoms with E-state index in [2.05, 4.69) is 30.5 Å². The van der Waals surface area contributed by atoms with Gasteiger partial charge in [0.25, 0.3) is 5.91 Å². The van der Waals surface area contributed by atoms with Crippen molar-refractivity contribution in [3.63, 3.8) is 0 Å². The highest BCUT2D eigenvalue weighted by Gasteiger charge is 2.26. The van der Waals surface area contributed by atoms with Gasteiger partial charge in [-0.3, -0.25) is 14.6 Å². The van der Waals surface area contributed by atoms with Gasteiger partial charge in [0.15, 0.2) is 5.78 Å². The SMILES string of the molecule is CC(C)n1cc(C(=O)c2cncc(NC(=O)c3cccc(N=NC(F)(F)F)c3)c2)c2cncnc21. The molecule has 1 aromatic carbocycles. The number of carbonyl (C=O) groups is 2. The molecule has 3 heterocycles. The summed E-state index contributed by atoms with van der Waals surface area (Å²) in [7, 11) is 0. The molecule has 0 radical (unpaired) electrons. The first-order valence-electron chi connectivity index (χ1n) is 10.3. The van der Waals surface area contributed by atoms with E-state index < -0.39 is 12.2 Å². The Morgan fingerprint density at radius 3 is 2.60 bits per heavy atom. The minimum Gasteiger partial charge on any atom is -0.329 e. The van der Waals surface area contributed by atoms with Gasteiger partial charge in [-0.25, -0.2) is 9.97 Å². The van der Waals surface area contributed by atoms with Crippen LogP contribution in [0, 0.1) is 0 Å². The molecule has 4 rings (SSSR count). The van der Waals surface area contributed by atoms with Crippen LogP contribution in [0.25, 0.3) is 11.0 Å². The van der Waals surface area contributed by atoms with Crippen LogP contribution in [-0.4, -0.2) is 37.5 Å². The second kappa shape index (κ2) is 9.41. The first-order valence-corrected chi connectivity index (χ1v) is 10.3. The number of azo groups is 1. The van der Waals surface area contributed by atoms with Crippen LogP contribution in [0.1, 0.15) is 46.2 Å². The molecule has 4 aromatic rings. The summed E-state index contributed by atoms with van der Waals surface area (Å²) in [6, 6.07) is 6.75. The fraction of sp³-hybridized carbons (Fsp3) is 0.174. The van der Waals surface area contributed by atoms with Gasteiger partial charge in [0.1, 0.15) is 12.0 Å². The number of benzene rings is 1. The number of anilines is 1. The number of ketones is 1. The monoisotopic (exact) mass is 481 g/mol. The molecule has 0 saturated heterocycles. The summed E-state index contributed by atoms with van der Waals surface area (Å²) in [6.45, 7) is 3.93. The zero-order chi connectivity index (χ0) is 25.2. The Balaban J connectivity index is 1.58. The van der Waals surface area contributed by atoms with E-state index in [1.807, 2.05) is 18.4 Å². The third kappa shape index (κ3) is 5.37. The van der Waals surface area contributed by atoms with E-state index >= 15 is 0 Å². The smallest absolute Gasteiger partial charge is 0.329 e. The maximum atomic E-state index is 13.3. The number of hydrogen-bond donors (Lipinski definition) is 1. The van der Waals surface area contributed by atoms with E-state index in [4.69, 9.17) is 0 Å². The molecular weight excluding hydrogens is 463 g/mol. The van der Waals surface area contributed by atoms with Gasteiger partial charge in [0, 0.05) is 41.1 Å². The maximum absolute atomic E-state index is 13.3. The zero-order valence-electron chi connectivity index (χ0n) is 18.5. The Morgan fingerprint density at radius 2 is 1.86 bits per heavy atom. The highest BCUT2D eigenvalue weighted by Crippen LogP contribution is 2.26. The number of aromatic nitrogens is 4. The summed E-state index contributed by atoms with van der Waals surface area (Å²) < 4.78 is 38.6. The number of carbonyl (C=O) groups excluding carboxylic acids is 2. The minimum absolute atomic E-state index is 0.0532. The van der Waals surface area contributed by atoms with Gasteiger partial charge in [-0.15, -0.1) is 18.3 Å². The van der Waals surface area contributed by atoms with Crippen molar-refractivity contribution in [3.05, 3.63) is 78.1 Å². The van der Waals surface area contributed by atoms with Gasteiger partial charge in [0.05, 0.1) is 23.1 Å². The van der Waals surface area contributed by atoms with Crippen LogP contribution < -0.4 is 5.32 Å². The van der Waals surface area contributed by atoms with Crippen LogP contribution >= 0.6 is 0 Å². The number of amides is 1. The zero-order valence-corrected chi connectivity index (χ0v) is 18.5. The number of halogens is 3. The average Bonchev–Trinajstić information content (AvgIpc) is 3.22. The summed E-state index contributed by atoms with van der Waals surface area (Å²) >= 11 is 0. The van der Waals surface area contributed by atoms with Crippen molar-refractivity contribution in [2.24, 2.45) is 10.2 Å². The van der Waals surface area contributed by atoms with E-state index in [0.717, 1.165) is 6.07 Å². The fourth-order valence-electron chi connectivity index (χ4n) is 3.38. The highest BCUT2D eigenvalue weighted by atomic mass is 19.4. The van der Waals surface area contributed by atoms with Crippen LogP contribution in [0.2, 0.25) is 0 Å². The van der Waals surface area contributed by atoms with E-state index in [1.165, 1.54) is 43.0 Å². The number of pyridine rings is 1. The van der Waals surface area contributed by atoms with Crippen molar-refractivity contribution in [2.75, 3.05) is 5.32 Å². The maximum Gasteiger partial charge on any atom is 0.521 e. The molecule has 0 aliphatic rings. The lowest BCUT2D eigenvalue weighted by Crippen LogP contribution is -2.13. The number of nitrogens with one attached hydrogen (secondary N) is 1. The van der Waals surface area contributed by atoms with Crippen LogP contribution in [0.4, 0.5) is 24.5 Å². The molecule has 0 spiro atoms. The summed E-state index contributed by atoms with van der Waals surface area (Å²) in [4.78, 5) is 38.2. The van der Waals surface area contributed by atoms with E-state index in [9.17, 15) is 22.8 Å². The average molecular weight is 481 g/mol. The normalized spacial score (nSPS) is 11.9. The van der Waals surface area contributed by atoms with E-state index in [1.54, 1.807) is 12.4 Å². The van der Waals surface area contributed by atoms with Crippen molar-refractivity contribution in [1.82, 2.24) is 19.5 Å². The van der Waals surface area contributed by atoms with Crippen molar-refractivity contribution >= 4 is 34.1 Å². The first-order chi connectivity index (χ1) is 16.6. The van der Waals surface area contributed by atoms with Gasteiger partial charge >= 0.3 is 6.30 Å². The lowest BCUT2D eigenvalue weighted by Gasteiger charge is -2.07. The lowest BCUT2D eigenvalue weighted by atomic mass is 10.1. The summed E-state index contributed by atoms with van der Waals surface area (Å²) in [5, 5.41) is 8.50. The predicted molar refractivity (Wildman–Crippen MR) is 121 cm³/mol. The van der Waals surface area contributed by atoms with Crippen LogP contribution in [-0.2, 0) is 0 Å². The molecule has 9 nitrogen and oxygen atoms in total. The fourth-order valence-corrected chi connectivity index (χ4v) is 3.38. The Bertz CT molecular complexity index is 1440. The Morgan fingerprint density at radius 1 is 1.06 bits per heavy atom. The molecule has 0 bridgehead atoms. The third-order valence-corrected chi connectivity index (χ3v) is 4.94. The van der Waals surface area contributed by atoms with Gasteiger partial charge in [-0.1, -0.05) is 11.2 Å². The topological polar surface area (TPSA) is 114 Å². The molecule has 1 N–H and O–H groups in total. The molecule has 0 atom stereocenters. The van der Waals surface area contributed by atoms with Crippen molar-refractivity contribution < 1.29 is 22.8 Å². The molecule has 0 unspecified atom stereocenters. The summed E-state index contributed by atoms with van der Waals surface area (Å²) in [5.74, 6) is -0.951. The number of fused-ring (bicyclic) bond motifs is 1. The largest absolute Gasteiger partial charge is 0.521 e. The predicted octanol–water partition coefficient (Wildman–Crippen LogP) is 5.49.